The first kappa shape index (κ1) is 3.65. The van der Waals surface area contributed by atoms with Crippen molar-refractivity contribution in [2.45, 2.75) is 0 Å². The molecule has 0 bridgehead atoms. The molecule has 0 spiro atoms. The van der Waals surface area contributed by atoms with Crippen LogP contribution in [0.3, 0.4) is 0 Å². The van der Waals surface area contributed by atoms with Crippen LogP contribution in [-0.4, -0.2) is 24.8 Å². The smallest absolute Gasteiger partial charge is 0.0534 e. The summed E-state index contributed by atoms with van der Waals surface area (Å²) in [5.74, 6) is 0. The van der Waals surface area contributed by atoms with Gasteiger partial charge in [0.1, 0.15) is 0 Å². The molecule has 0 unspecified atom stereocenters. The summed E-state index contributed by atoms with van der Waals surface area (Å²) in [4.78, 5) is 0. The first-order valence-corrected chi connectivity index (χ1v) is 1.86. The van der Waals surface area contributed by atoms with Gasteiger partial charge in [0.15, 0.2) is 0 Å². The highest BCUT2D eigenvalue weighted by Crippen LogP contribution is 1.90. The van der Waals surface area contributed by atoms with Gasteiger partial charge in [-0.1, -0.05) is 0 Å². The summed E-state index contributed by atoms with van der Waals surface area (Å²) in [6.07, 6.45) is 4.59. The lowest BCUT2D eigenvalue weighted by Gasteiger charge is -2.00. The van der Waals surface area contributed by atoms with E-state index in [0.29, 0.717) is 0 Å². The first-order chi connectivity index (χ1) is 2.89. The van der Waals surface area contributed by atoms with Crippen LogP contribution in [0.4, 0.5) is 0 Å². The fraction of sp³-hybridized carbons (Fsp3) is 0.500. The molecule has 0 amide bonds. The predicted octanol–water partition coefficient (Wildman–Crippen LogP) is -0.00111. The average Bonchev–Trinajstić information content (AvgIpc) is 1.86. The molecule has 2 heteroatoms. The second-order valence-electron chi connectivity index (χ2n) is 1.26. The van der Waals surface area contributed by atoms with E-state index in [-0.39, 0.29) is 0 Å². The lowest BCUT2D eigenvalue weighted by Crippen LogP contribution is -2.04. The van der Waals surface area contributed by atoms with Gasteiger partial charge in [-0.15, -0.1) is 0 Å². The molecule has 0 saturated heterocycles. The summed E-state index contributed by atoms with van der Waals surface area (Å²) < 4.78 is 0. The van der Waals surface area contributed by atoms with Crippen LogP contribution in [0.15, 0.2) is 5.10 Å². The van der Waals surface area contributed by atoms with Crippen molar-refractivity contribution < 1.29 is 0 Å². The molecule has 1 heterocycles. The van der Waals surface area contributed by atoms with Crippen LogP contribution in [0.1, 0.15) is 0 Å². The summed E-state index contributed by atoms with van der Waals surface area (Å²) in [5.41, 5.74) is 0. The van der Waals surface area contributed by atoms with Crippen molar-refractivity contribution in [1.82, 2.24) is 5.01 Å². The highest BCUT2D eigenvalue weighted by molar-refractivity contribution is 5.69. The van der Waals surface area contributed by atoms with Gasteiger partial charge in [-0.2, -0.15) is 5.10 Å². The lowest BCUT2D eigenvalue weighted by atomic mass is 10.5. The van der Waals surface area contributed by atoms with Crippen LogP contribution in [0.5, 0.6) is 0 Å². The van der Waals surface area contributed by atoms with Crippen molar-refractivity contribution in [2.24, 2.45) is 5.10 Å². The van der Waals surface area contributed by atoms with E-state index in [9.17, 15) is 0 Å². The van der Waals surface area contributed by atoms with E-state index in [1.54, 1.807) is 6.21 Å². The zero-order valence-electron chi connectivity index (χ0n) is 3.68. The van der Waals surface area contributed by atoms with E-state index < -0.39 is 0 Å². The van der Waals surface area contributed by atoms with E-state index in [4.69, 9.17) is 0 Å². The molecule has 1 aliphatic rings. The molecule has 0 N–H and O–H groups in total. The third-order valence-electron chi connectivity index (χ3n) is 0.666. The second-order valence-corrected chi connectivity index (χ2v) is 1.26. The zero-order valence-corrected chi connectivity index (χ0v) is 3.68. The molecule has 0 saturated carbocycles. The molecule has 0 aromatic rings. The Morgan fingerprint density at radius 3 is 3.00 bits per heavy atom. The number of nitrogens with zero attached hydrogens (tertiary/aromatic N) is 2. The predicted molar refractivity (Wildman–Crippen MR) is 24.4 cm³/mol. The van der Waals surface area contributed by atoms with Gasteiger partial charge in [-0.3, -0.25) is 5.01 Å². The minimum atomic E-state index is 0.847. The van der Waals surface area contributed by atoms with E-state index in [2.05, 4.69) is 11.5 Å². The van der Waals surface area contributed by atoms with E-state index in [1.165, 1.54) is 0 Å². The topological polar surface area (TPSA) is 15.6 Å². The Hall–Kier alpha value is -0.530. The lowest BCUT2D eigenvalue weighted by molar-refractivity contribution is 0.409. The van der Waals surface area contributed by atoms with Crippen molar-refractivity contribution in [2.75, 3.05) is 13.6 Å². The average molecular weight is 82.1 g/mol. The summed E-state index contributed by atoms with van der Waals surface area (Å²) in [7, 11) is 1.91. The highest BCUT2D eigenvalue weighted by Gasteiger charge is 1.95. The van der Waals surface area contributed by atoms with Crippen LogP contribution >= 0.6 is 0 Å². The third kappa shape index (κ3) is 0.506. The van der Waals surface area contributed by atoms with Gasteiger partial charge in [-0.25, -0.2) is 0 Å². The van der Waals surface area contributed by atoms with Crippen LogP contribution in [0.2, 0.25) is 0 Å². The fourth-order valence-corrected chi connectivity index (χ4v) is 0.353. The Morgan fingerprint density at radius 2 is 2.83 bits per heavy atom. The molecule has 2 radical (unpaired) electrons. The van der Waals surface area contributed by atoms with E-state index in [1.807, 2.05) is 12.1 Å². The van der Waals surface area contributed by atoms with E-state index in [0.717, 1.165) is 6.54 Å². The van der Waals surface area contributed by atoms with Crippen LogP contribution in [0, 0.1) is 6.42 Å². The van der Waals surface area contributed by atoms with Gasteiger partial charge in [0, 0.05) is 19.8 Å². The number of rotatable bonds is 0. The SMILES string of the molecule is CN1C[C]C=N1. The largest absolute Gasteiger partial charge is 0.299 e. The molecule has 0 aromatic carbocycles. The normalized spacial score (nSPS) is 19.8. The molecule has 1 rings (SSSR count). The van der Waals surface area contributed by atoms with Crippen molar-refractivity contribution in [1.29, 1.82) is 0 Å². The van der Waals surface area contributed by atoms with Crippen molar-refractivity contribution >= 4 is 6.21 Å². The molecule has 0 aliphatic carbocycles. The maximum atomic E-state index is 3.83. The monoisotopic (exact) mass is 82.1 g/mol. The Morgan fingerprint density at radius 1 is 2.00 bits per heavy atom. The summed E-state index contributed by atoms with van der Waals surface area (Å²) in [5, 5.41) is 5.65. The Labute approximate surface area is 37.5 Å². The van der Waals surface area contributed by atoms with Crippen molar-refractivity contribution in [3.63, 3.8) is 0 Å². The quantitative estimate of drug-likeness (QED) is 0.401. The highest BCUT2D eigenvalue weighted by atomic mass is 15.4. The molecule has 6 heavy (non-hydrogen) atoms. The van der Waals surface area contributed by atoms with Gasteiger partial charge in [0.25, 0.3) is 0 Å². The number of hydrogen-bond donors (Lipinski definition) is 0. The Kier molecular flexibility index (Phi) is 0.783. The first-order valence-electron chi connectivity index (χ1n) is 1.86. The molecule has 0 atom stereocenters. The summed E-state index contributed by atoms with van der Waals surface area (Å²) in [6.45, 7) is 0.847. The van der Waals surface area contributed by atoms with E-state index >= 15 is 0 Å². The molecular weight excluding hydrogens is 76.1 g/mol. The molecule has 32 valence electrons. The van der Waals surface area contributed by atoms with Crippen LogP contribution < -0.4 is 0 Å². The maximum absolute atomic E-state index is 3.83. The van der Waals surface area contributed by atoms with Crippen molar-refractivity contribution in [3.05, 3.63) is 6.42 Å². The van der Waals surface area contributed by atoms with Gasteiger partial charge < -0.3 is 0 Å². The maximum Gasteiger partial charge on any atom is 0.0534 e. The minimum absolute atomic E-state index is 0.847. The van der Waals surface area contributed by atoms with Crippen LogP contribution in [0.25, 0.3) is 0 Å². The van der Waals surface area contributed by atoms with Crippen LogP contribution in [-0.2, 0) is 0 Å². The fourth-order valence-electron chi connectivity index (χ4n) is 0.353. The number of hydrogen-bond acceptors (Lipinski definition) is 2. The molecule has 2 nitrogen and oxygen atoms in total. The van der Waals surface area contributed by atoms with Gasteiger partial charge in [-0.05, 0) is 0 Å². The molecule has 1 aliphatic heterocycles. The zero-order chi connectivity index (χ0) is 4.41. The summed E-state index contributed by atoms with van der Waals surface area (Å²) in [6, 6.07) is 0. The second kappa shape index (κ2) is 1.29. The Balaban J connectivity index is 2.38. The molecule has 0 aromatic heterocycles. The summed E-state index contributed by atoms with van der Waals surface area (Å²) >= 11 is 0. The Bertz CT molecular complexity index is 67.9. The van der Waals surface area contributed by atoms with Gasteiger partial charge >= 0.3 is 0 Å². The van der Waals surface area contributed by atoms with Crippen molar-refractivity contribution in [3.8, 4) is 0 Å². The molecular formula is C4H6N2. The standard InChI is InChI=1S/C4H6N2/c1-6-4-2-3-5-6/h3H,4H2,1H3. The van der Waals surface area contributed by atoms with Gasteiger partial charge in [0.05, 0.1) is 6.42 Å². The minimum Gasteiger partial charge on any atom is -0.299 e. The third-order valence-corrected chi connectivity index (χ3v) is 0.666. The number of hydrazone groups is 1. The molecule has 0 fully saturated rings. The van der Waals surface area contributed by atoms with Gasteiger partial charge in [0.2, 0.25) is 0 Å².